The first-order valence-electron chi connectivity index (χ1n) is 10.3. The van der Waals surface area contributed by atoms with Crippen molar-refractivity contribution in [1.29, 1.82) is 0 Å². The molecular formula is C24H32N2O2S. The van der Waals surface area contributed by atoms with Crippen molar-refractivity contribution in [3.05, 3.63) is 66.2 Å². The van der Waals surface area contributed by atoms with Crippen LogP contribution in [0.2, 0.25) is 0 Å². The minimum Gasteiger partial charge on any atom is -0.352 e. The van der Waals surface area contributed by atoms with E-state index in [4.69, 9.17) is 0 Å². The molecule has 0 saturated carbocycles. The van der Waals surface area contributed by atoms with Gasteiger partial charge in [0.2, 0.25) is 11.8 Å². The lowest BCUT2D eigenvalue weighted by Crippen LogP contribution is -2.51. The molecule has 0 fully saturated rings. The molecule has 2 aromatic rings. The summed E-state index contributed by atoms with van der Waals surface area (Å²) in [6.45, 7) is 6.39. The number of carbonyl (C=O) groups is 2. The van der Waals surface area contributed by atoms with E-state index in [9.17, 15) is 9.59 Å². The van der Waals surface area contributed by atoms with E-state index >= 15 is 0 Å². The van der Waals surface area contributed by atoms with Crippen molar-refractivity contribution < 1.29 is 9.59 Å². The lowest BCUT2D eigenvalue weighted by atomic mass is 10.1. The average molecular weight is 413 g/mol. The van der Waals surface area contributed by atoms with Crippen LogP contribution in [0.3, 0.4) is 0 Å². The second-order valence-corrected chi connectivity index (χ2v) is 8.49. The van der Waals surface area contributed by atoms with Crippen LogP contribution in [0.4, 0.5) is 0 Å². The zero-order chi connectivity index (χ0) is 21.1. The standard InChI is InChI=1S/C24H32N2O2S/c1-4-22(24(28)25-19(2)3)26(17-15-20-11-7-5-8-12-20)23(27)16-18-29-21-13-9-6-10-14-21/h5-14,19,22H,4,15-18H2,1-3H3,(H,25,28)/t22-/m0/s1. The predicted molar refractivity (Wildman–Crippen MR) is 121 cm³/mol. The van der Waals surface area contributed by atoms with Gasteiger partial charge >= 0.3 is 0 Å². The Morgan fingerprint density at radius 2 is 1.62 bits per heavy atom. The van der Waals surface area contributed by atoms with Crippen molar-refractivity contribution in [2.24, 2.45) is 0 Å². The summed E-state index contributed by atoms with van der Waals surface area (Å²) >= 11 is 1.67. The van der Waals surface area contributed by atoms with Crippen LogP contribution in [-0.2, 0) is 16.0 Å². The number of nitrogens with one attached hydrogen (secondary N) is 1. The maximum atomic E-state index is 13.1. The Balaban J connectivity index is 2.04. The van der Waals surface area contributed by atoms with Crippen molar-refractivity contribution in [2.75, 3.05) is 12.3 Å². The monoisotopic (exact) mass is 412 g/mol. The van der Waals surface area contributed by atoms with Crippen molar-refractivity contribution in [1.82, 2.24) is 10.2 Å². The number of nitrogens with zero attached hydrogens (tertiary/aromatic N) is 1. The third-order valence-corrected chi connectivity index (χ3v) is 5.64. The SMILES string of the molecule is CC[C@@H](C(=O)NC(C)C)N(CCc1ccccc1)C(=O)CCSc1ccccc1. The Morgan fingerprint density at radius 3 is 2.21 bits per heavy atom. The Kier molecular flexibility index (Phi) is 9.78. The van der Waals surface area contributed by atoms with Crippen molar-refractivity contribution in [3.8, 4) is 0 Å². The van der Waals surface area contributed by atoms with Crippen LogP contribution in [0.25, 0.3) is 0 Å². The van der Waals surface area contributed by atoms with Crippen molar-refractivity contribution in [2.45, 2.75) is 57.0 Å². The number of hydrogen-bond acceptors (Lipinski definition) is 3. The van der Waals surface area contributed by atoms with E-state index in [2.05, 4.69) is 17.4 Å². The second kappa shape index (κ2) is 12.3. The fourth-order valence-electron chi connectivity index (χ4n) is 3.19. The van der Waals surface area contributed by atoms with E-state index < -0.39 is 6.04 Å². The molecule has 0 unspecified atom stereocenters. The Bertz CT molecular complexity index is 750. The summed E-state index contributed by atoms with van der Waals surface area (Å²) in [4.78, 5) is 28.7. The number of carbonyl (C=O) groups excluding carboxylic acids is 2. The number of thioether (sulfide) groups is 1. The maximum Gasteiger partial charge on any atom is 0.242 e. The first-order chi connectivity index (χ1) is 14.0. The van der Waals surface area contributed by atoms with Gasteiger partial charge in [0.25, 0.3) is 0 Å². The number of amides is 2. The summed E-state index contributed by atoms with van der Waals surface area (Å²) in [5.74, 6) is 0.669. The quantitative estimate of drug-likeness (QED) is 0.551. The van der Waals surface area contributed by atoms with Crippen molar-refractivity contribution >= 4 is 23.6 Å². The van der Waals surface area contributed by atoms with Gasteiger partial charge in [-0.2, -0.15) is 0 Å². The largest absolute Gasteiger partial charge is 0.352 e. The first-order valence-corrected chi connectivity index (χ1v) is 11.3. The van der Waals surface area contributed by atoms with Crippen LogP contribution >= 0.6 is 11.8 Å². The molecule has 0 bridgehead atoms. The van der Waals surface area contributed by atoms with Crippen LogP contribution < -0.4 is 5.32 Å². The Morgan fingerprint density at radius 1 is 1.00 bits per heavy atom. The van der Waals surface area contributed by atoms with Crippen LogP contribution in [-0.4, -0.2) is 41.1 Å². The normalized spacial score (nSPS) is 11.9. The Labute approximate surface area is 179 Å². The van der Waals surface area contributed by atoms with Gasteiger partial charge in [0, 0.05) is 29.7 Å². The topological polar surface area (TPSA) is 49.4 Å². The van der Waals surface area contributed by atoms with Gasteiger partial charge in [-0.05, 0) is 44.4 Å². The van der Waals surface area contributed by atoms with Crippen LogP contribution in [0, 0.1) is 0 Å². The third-order valence-electron chi connectivity index (χ3n) is 4.63. The number of hydrogen-bond donors (Lipinski definition) is 1. The molecule has 0 aliphatic rings. The van der Waals surface area contributed by atoms with Gasteiger partial charge in [-0.25, -0.2) is 0 Å². The molecule has 1 atom stereocenters. The van der Waals surface area contributed by atoms with Gasteiger partial charge in [0.05, 0.1) is 0 Å². The molecule has 0 saturated heterocycles. The molecule has 156 valence electrons. The predicted octanol–water partition coefficient (Wildman–Crippen LogP) is 4.54. The molecule has 0 heterocycles. The highest BCUT2D eigenvalue weighted by Crippen LogP contribution is 2.19. The fourth-order valence-corrected chi connectivity index (χ4v) is 4.06. The summed E-state index contributed by atoms with van der Waals surface area (Å²) in [7, 11) is 0. The molecule has 0 aliphatic carbocycles. The minimum atomic E-state index is -0.435. The van der Waals surface area contributed by atoms with Crippen LogP contribution in [0.15, 0.2) is 65.6 Å². The molecule has 5 heteroatoms. The zero-order valence-electron chi connectivity index (χ0n) is 17.6. The first kappa shape index (κ1) is 23.0. The summed E-state index contributed by atoms with van der Waals surface area (Å²) in [6.07, 6.45) is 1.76. The smallest absolute Gasteiger partial charge is 0.242 e. The molecule has 0 radical (unpaired) electrons. The van der Waals surface area contributed by atoms with Gasteiger partial charge in [-0.15, -0.1) is 11.8 Å². The molecule has 2 amide bonds. The van der Waals surface area contributed by atoms with E-state index in [1.807, 2.05) is 69.3 Å². The summed E-state index contributed by atoms with van der Waals surface area (Å²) < 4.78 is 0. The molecule has 0 aliphatic heterocycles. The number of rotatable bonds is 11. The zero-order valence-corrected chi connectivity index (χ0v) is 18.5. The minimum absolute atomic E-state index is 0.0371. The van der Waals surface area contributed by atoms with Gasteiger partial charge in [-0.3, -0.25) is 9.59 Å². The molecule has 2 aromatic carbocycles. The van der Waals surface area contributed by atoms with E-state index in [0.29, 0.717) is 25.1 Å². The molecule has 0 spiro atoms. The molecule has 1 N–H and O–H groups in total. The lowest BCUT2D eigenvalue weighted by Gasteiger charge is -2.31. The van der Waals surface area contributed by atoms with E-state index in [-0.39, 0.29) is 17.9 Å². The molecule has 2 rings (SSSR count). The molecule has 29 heavy (non-hydrogen) atoms. The third kappa shape index (κ3) is 7.94. The Hall–Kier alpha value is -2.27. The van der Waals surface area contributed by atoms with Gasteiger partial charge in [-0.1, -0.05) is 55.5 Å². The van der Waals surface area contributed by atoms with Gasteiger partial charge in [0.15, 0.2) is 0 Å². The highest BCUT2D eigenvalue weighted by molar-refractivity contribution is 7.99. The summed E-state index contributed by atoms with van der Waals surface area (Å²) in [5, 5.41) is 2.97. The van der Waals surface area contributed by atoms with E-state index in [1.54, 1.807) is 16.7 Å². The second-order valence-electron chi connectivity index (χ2n) is 7.32. The van der Waals surface area contributed by atoms with E-state index in [1.165, 1.54) is 5.56 Å². The fraction of sp³-hybridized carbons (Fsp3) is 0.417. The summed E-state index contributed by atoms with van der Waals surface area (Å²) in [6, 6.07) is 19.8. The van der Waals surface area contributed by atoms with E-state index in [0.717, 1.165) is 11.3 Å². The molecular weight excluding hydrogens is 380 g/mol. The van der Waals surface area contributed by atoms with Crippen LogP contribution in [0.5, 0.6) is 0 Å². The highest BCUT2D eigenvalue weighted by atomic mass is 32.2. The lowest BCUT2D eigenvalue weighted by molar-refractivity contribution is -0.140. The average Bonchev–Trinajstić information content (AvgIpc) is 2.72. The number of benzene rings is 2. The van der Waals surface area contributed by atoms with Crippen LogP contribution in [0.1, 0.15) is 39.2 Å². The molecule has 0 aromatic heterocycles. The highest BCUT2D eigenvalue weighted by Gasteiger charge is 2.28. The van der Waals surface area contributed by atoms with Crippen molar-refractivity contribution in [3.63, 3.8) is 0 Å². The maximum absolute atomic E-state index is 13.1. The van der Waals surface area contributed by atoms with Gasteiger partial charge < -0.3 is 10.2 Å². The molecule has 4 nitrogen and oxygen atoms in total. The summed E-state index contributed by atoms with van der Waals surface area (Å²) in [5.41, 5.74) is 1.17. The van der Waals surface area contributed by atoms with Gasteiger partial charge in [0.1, 0.15) is 6.04 Å².